The molecule has 5 unspecified atom stereocenters. The Labute approximate surface area is 707 Å². The van der Waals surface area contributed by atoms with Crippen molar-refractivity contribution < 1.29 is 90.6 Å². The molecule has 0 saturated carbocycles. The van der Waals surface area contributed by atoms with E-state index < -0.39 is 129 Å². The van der Waals surface area contributed by atoms with E-state index in [1.54, 1.807) is 67.7 Å². The van der Waals surface area contributed by atoms with Crippen molar-refractivity contribution in [2.24, 2.45) is 9.54 Å². The molecule has 7 heterocycles. The first-order valence-electron chi connectivity index (χ1n) is 35.8. The smallest absolute Gasteiger partial charge is 0.256 e. The molecule has 0 fully saturated rings. The lowest BCUT2D eigenvalue weighted by Gasteiger charge is -2.25. The van der Waals surface area contributed by atoms with Crippen molar-refractivity contribution >= 4 is 135 Å². The summed E-state index contributed by atoms with van der Waals surface area (Å²) in [6, 6.07) is 6.23. The number of anilines is 1. The van der Waals surface area contributed by atoms with Gasteiger partial charge in [0.05, 0.1) is 71.8 Å². The third-order valence-electron chi connectivity index (χ3n) is 18.5. The van der Waals surface area contributed by atoms with Crippen molar-refractivity contribution in [2.45, 2.75) is 219 Å². The summed E-state index contributed by atoms with van der Waals surface area (Å²) in [5.41, 5.74) is 2.52. The Bertz CT molecular complexity index is 5040. The first kappa shape index (κ1) is 94.8. The number of hydrogen-bond acceptors (Lipinski definition) is 14. The van der Waals surface area contributed by atoms with Crippen LogP contribution in [0.4, 0.5) is 45.3 Å². The number of benzene rings is 5. The lowest BCUT2D eigenvalue weighted by Crippen LogP contribution is -2.44. The van der Waals surface area contributed by atoms with E-state index in [1.807, 2.05) is 69.2 Å². The summed E-state index contributed by atoms with van der Waals surface area (Å²) in [5, 5.41) is 25.1. The standard InChI is InChI=1S/C19H17F2N5O2.C16H22F2INO2S.C16H20F2INO2S.C13H15FO2.C12H11F2IO2.C4H11NOS/c1-9-10-5-13(20)15(21)11-6-19(2,28-16(10)11)8-22-18(27)12-7-23-26-4-3-14(24-9)25-17(12)26;2*1-9(20-23(21)15(2,3)4)10-6-12(17)13(18)11-7-16(5,8-19)22-14(10)11;1-7(2)5-10-8(3)12(14)6-11(9(4)15)13(10)16;1-6(16)7-3-9(13)10(14)8-4-12(2,5-15)17-11(7)8;1-4(2,3)7(5)6/h3-5,7,9H,6,8H2,1-2H3,(H,22,27)(H,24,25);6,9,20H,7-8H2,1-5H3;6H,7-8H2,1-5H3;6,16H,1,5H2,2-4H3;3H,4-5H2,1-2H3;5H2,1-3H3/t9-,19?;9-,16?,23-;;;;7-/m11...1/s1. The first-order valence-corrected chi connectivity index (χ1v) is 43.9. The number of hydrogen-bond donors (Lipinski definition) is 5. The number of ether oxygens (including phenoxy) is 4. The number of aromatic hydroxyl groups is 1. The normalized spacial score (nSPS) is 20.8. The summed E-state index contributed by atoms with van der Waals surface area (Å²) in [4.78, 5) is 39.8. The molecule has 12 rings (SSSR count). The molecule has 114 heavy (non-hydrogen) atoms. The lowest BCUT2D eigenvalue weighted by atomic mass is 9.96. The minimum Gasteiger partial charge on any atom is -0.507 e. The zero-order valence-electron chi connectivity index (χ0n) is 67.0. The second-order valence-corrected chi connectivity index (χ2v) is 40.5. The SMILES string of the molecule is C=C(C)Cc1c(C)c(F)cc(C(C)=O)c1O.CC(=NS(=O)C(C)(C)C)c1cc(F)c(F)c2c1OC(C)(CI)C2.CC(=O)c1cc(F)c(F)c2c1OC(C)(CI)C2.CC(C)(C)[S@](N)=O.C[C@@H](N[S@](=O)C(C)(C)C)c1cc(F)c(F)c2c1OC(C)(CI)C2.C[C@H]1Nc2ccn3ncc(c3n2)C(=O)NCC2(C)Cc3c(F)c(F)cc1c3O2. The van der Waals surface area contributed by atoms with E-state index in [4.69, 9.17) is 24.1 Å². The average molecular weight is 1990 g/mol. The zero-order valence-corrected chi connectivity index (χ0v) is 75.9. The Morgan fingerprint density at radius 2 is 1.13 bits per heavy atom. The Kier molecular flexibility index (Phi) is 30.7. The predicted octanol–water partition coefficient (Wildman–Crippen LogP) is 18.1. The molecule has 0 spiro atoms. The number of carbonyl (C=O) groups is 3. The molecule has 5 aliphatic rings. The highest BCUT2D eigenvalue weighted by atomic mass is 127. The minimum absolute atomic E-state index is 0.0272. The molecule has 0 saturated heterocycles. The average Bonchev–Trinajstić information content (AvgIpc) is 1.62. The van der Waals surface area contributed by atoms with E-state index in [9.17, 15) is 71.6 Å². The minimum atomic E-state index is -1.48. The number of phenolic OH excluding ortho intramolecular Hbond substituents is 1. The quantitative estimate of drug-likeness (QED) is 0.0190. The number of phenols is 1. The van der Waals surface area contributed by atoms with Crippen LogP contribution in [0.1, 0.15) is 225 Å². The summed E-state index contributed by atoms with van der Waals surface area (Å²) in [6.45, 7) is 38.9. The number of halogens is 12. The fraction of sp³-hybridized carbons (Fsp3) is 0.475. The molecule has 7 aromatic rings. The summed E-state index contributed by atoms with van der Waals surface area (Å²) < 4.78 is 193. The largest absolute Gasteiger partial charge is 0.507 e. The van der Waals surface area contributed by atoms with Gasteiger partial charge in [-0.1, -0.05) is 79.9 Å². The van der Waals surface area contributed by atoms with Crippen molar-refractivity contribution in [3.05, 3.63) is 180 Å². The van der Waals surface area contributed by atoms with Crippen LogP contribution in [0.15, 0.2) is 65.3 Å². The molecule has 5 aromatic carbocycles. The Hall–Kier alpha value is -6.33. The van der Waals surface area contributed by atoms with Gasteiger partial charge < -0.3 is 34.7 Å². The van der Waals surface area contributed by atoms with Crippen molar-refractivity contribution in [2.75, 3.05) is 25.1 Å². The fourth-order valence-electron chi connectivity index (χ4n) is 12.0. The molecular weight excluding hydrogens is 1900 g/mol. The van der Waals surface area contributed by atoms with Gasteiger partial charge in [0.25, 0.3) is 5.91 Å². The molecule has 0 aliphatic carbocycles. The number of nitrogens with one attached hydrogen (secondary N) is 3. The molecule has 1 amide bonds. The second kappa shape index (κ2) is 36.9. The van der Waals surface area contributed by atoms with Gasteiger partial charge in [-0.3, -0.25) is 19.5 Å². The van der Waals surface area contributed by atoms with E-state index in [1.165, 1.54) is 24.6 Å². The number of nitrogens with zero attached hydrogens (tertiary/aromatic N) is 4. The topological polar surface area (TPSA) is 264 Å². The van der Waals surface area contributed by atoms with Gasteiger partial charge >= 0.3 is 0 Å². The van der Waals surface area contributed by atoms with Crippen LogP contribution in [-0.2, 0) is 65.1 Å². The number of aromatic nitrogens is 3. The van der Waals surface area contributed by atoms with Crippen molar-refractivity contribution in [3.63, 3.8) is 0 Å². The van der Waals surface area contributed by atoms with E-state index >= 15 is 0 Å². The van der Waals surface area contributed by atoms with Crippen LogP contribution in [0.3, 0.4) is 0 Å². The molecule has 19 nitrogen and oxygen atoms in total. The van der Waals surface area contributed by atoms with E-state index in [0.717, 1.165) is 35.9 Å². The number of Topliss-reactive ketones (excluding diaryl/α,β-unsaturated/α-hetero) is 2. The molecule has 5 aliphatic heterocycles. The van der Waals surface area contributed by atoms with Crippen LogP contribution in [0, 0.1) is 59.3 Å². The number of ketones is 2. The first-order chi connectivity index (χ1) is 52.5. The van der Waals surface area contributed by atoms with Crippen LogP contribution in [0.2, 0.25) is 0 Å². The van der Waals surface area contributed by atoms with Crippen molar-refractivity contribution in [3.8, 4) is 28.7 Å². The van der Waals surface area contributed by atoms with Crippen molar-refractivity contribution in [1.82, 2.24) is 24.6 Å². The summed E-state index contributed by atoms with van der Waals surface area (Å²) in [7, 11) is -3.99. The number of rotatable bonds is 12. The van der Waals surface area contributed by atoms with Gasteiger partial charge in [-0.15, -0.1) is 0 Å². The Morgan fingerprint density at radius 3 is 1.60 bits per heavy atom. The molecule has 4 bridgehead atoms. The number of alkyl halides is 3. The van der Waals surface area contributed by atoms with E-state index in [0.29, 0.717) is 100 Å². The summed E-state index contributed by atoms with van der Waals surface area (Å²) in [6.07, 6.45) is 4.57. The third-order valence-corrected chi connectivity index (χ3v) is 27.7. The van der Waals surface area contributed by atoms with Crippen LogP contribution < -0.4 is 39.4 Å². The molecule has 34 heteroatoms. The molecule has 624 valence electrons. The van der Waals surface area contributed by atoms with Gasteiger partial charge in [-0.2, -0.15) is 9.50 Å². The van der Waals surface area contributed by atoms with Crippen molar-refractivity contribution in [1.29, 1.82) is 0 Å². The zero-order chi connectivity index (χ0) is 86.1. The highest BCUT2D eigenvalue weighted by Gasteiger charge is 2.44. The van der Waals surface area contributed by atoms with Gasteiger partial charge in [-0.05, 0) is 187 Å². The van der Waals surface area contributed by atoms with Gasteiger partial charge in [0.2, 0.25) is 0 Å². The molecule has 2 aromatic heterocycles. The molecule has 0 radical (unpaired) electrons. The van der Waals surface area contributed by atoms with Gasteiger partial charge in [0, 0.05) is 95.7 Å². The lowest BCUT2D eigenvalue weighted by molar-refractivity contribution is 0.0838. The van der Waals surface area contributed by atoms with Crippen LogP contribution in [-0.4, -0.2) is 112 Å². The molecular formula is C80H96F9I3N8O11S3. The van der Waals surface area contributed by atoms with Gasteiger partial charge in [0.15, 0.2) is 63.8 Å². The second-order valence-electron chi connectivity index (χ2n) is 32.5. The number of allylic oxidation sites excluding steroid dienone is 1. The number of nitrogens with two attached hydrogens (primary N) is 1. The molecule has 9 atom stereocenters. The van der Waals surface area contributed by atoms with Crippen LogP contribution in [0.25, 0.3) is 5.65 Å². The Morgan fingerprint density at radius 1 is 0.684 bits per heavy atom. The van der Waals surface area contributed by atoms with E-state index in [2.05, 4.69) is 104 Å². The molecule has 6 N–H and O–H groups in total. The van der Waals surface area contributed by atoms with Crippen LogP contribution in [0.5, 0.6) is 28.7 Å². The maximum Gasteiger partial charge on any atom is 0.256 e. The van der Waals surface area contributed by atoms with Gasteiger partial charge in [-0.25, -0.2) is 66.4 Å². The number of amides is 1. The monoisotopic (exact) mass is 1990 g/mol. The van der Waals surface area contributed by atoms with Crippen LogP contribution >= 0.6 is 67.8 Å². The van der Waals surface area contributed by atoms with E-state index in [-0.39, 0.29) is 86.5 Å². The maximum atomic E-state index is 14.4. The Balaban J connectivity index is 0.000000196. The highest BCUT2D eigenvalue weighted by molar-refractivity contribution is 14.1. The highest BCUT2D eigenvalue weighted by Crippen LogP contribution is 2.47. The summed E-state index contributed by atoms with van der Waals surface area (Å²) in [5.74, 6) is -7.21. The van der Waals surface area contributed by atoms with Gasteiger partial charge in [0.1, 0.15) is 79.3 Å². The number of carbonyl (C=O) groups excluding carboxylic acids is 3. The maximum absolute atomic E-state index is 14.4. The third kappa shape index (κ3) is 22.1. The fourth-order valence-corrected chi connectivity index (χ4v) is 14.7. The number of fused-ring (bicyclic) bond motifs is 5. The predicted molar refractivity (Wildman–Crippen MR) is 453 cm³/mol. The summed E-state index contributed by atoms with van der Waals surface area (Å²) >= 11 is 6.47.